The minimum absolute atomic E-state index is 0.161. The van der Waals surface area contributed by atoms with Crippen LogP contribution in [0.15, 0.2) is 79.4 Å². The third kappa shape index (κ3) is 8.10. The van der Waals surface area contributed by atoms with Crippen molar-refractivity contribution in [1.29, 1.82) is 0 Å². The molecule has 3 rings (SSSR count). The fourth-order valence-electron chi connectivity index (χ4n) is 4.30. The molecule has 0 saturated heterocycles. The van der Waals surface area contributed by atoms with E-state index < -0.39 is 0 Å². The number of aromatic nitrogens is 2. The predicted octanol–water partition coefficient (Wildman–Crippen LogP) is 4.48. The van der Waals surface area contributed by atoms with Gasteiger partial charge in [-0.3, -0.25) is 14.8 Å². The number of carbonyl (C=O) groups excluding carboxylic acids is 1. The molecular weight excluding hydrogens is 408 g/mol. The first-order valence-electron chi connectivity index (χ1n) is 11.9. The number of hydrogen-bond acceptors (Lipinski definition) is 4. The molecule has 5 heteroatoms. The number of benzene rings is 1. The van der Waals surface area contributed by atoms with Gasteiger partial charge in [0.25, 0.3) is 0 Å². The van der Waals surface area contributed by atoms with E-state index in [0.29, 0.717) is 6.42 Å². The Labute approximate surface area is 198 Å². The SMILES string of the molecule is CNC(Cc1ccccc1)C(=O)N(C)C(CCCc1cccnc1)CCCc1cccnc1. The minimum atomic E-state index is -0.225. The van der Waals surface area contributed by atoms with Gasteiger partial charge in [-0.15, -0.1) is 0 Å². The first-order valence-corrected chi connectivity index (χ1v) is 11.9. The van der Waals surface area contributed by atoms with Gasteiger partial charge in [-0.05, 0) is 80.8 Å². The maximum atomic E-state index is 13.4. The Morgan fingerprint density at radius 2 is 1.39 bits per heavy atom. The normalized spacial score (nSPS) is 12.0. The summed E-state index contributed by atoms with van der Waals surface area (Å²) in [4.78, 5) is 23.9. The van der Waals surface area contributed by atoms with Gasteiger partial charge in [-0.25, -0.2) is 0 Å². The maximum Gasteiger partial charge on any atom is 0.240 e. The number of aryl methyl sites for hydroxylation is 2. The fourth-order valence-corrected chi connectivity index (χ4v) is 4.30. The molecule has 1 unspecified atom stereocenters. The molecule has 2 aromatic heterocycles. The Kier molecular flexibility index (Phi) is 10.0. The molecule has 1 amide bonds. The van der Waals surface area contributed by atoms with E-state index in [1.165, 1.54) is 16.7 Å². The van der Waals surface area contributed by atoms with Crippen LogP contribution < -0.4 is 5.32 Å². The van der Waals surface area contributed by atoms with Crippen molar-refractivity contribution in [3.8, 4) is 0 Å². The minimum Gasteiger partial charge on any atom is -0.341 e. The monoisotopic (exact) mass is 444 g/mol. The molecule has 0 aliphatic heterocycles. The molecule has 0 radical (unpaired) electrons. The second-order valence-corrected chi connectivity index (χ2v) is 8.64. The number of nitrogens with one attached hydrogen (secondary N) is 1. The van der Waals surface area contributed by atoms with Crippen LogP contribution in [-0.2, 0) is 24.1 Å². The van der Waals surface area contributed by atoms with Gasteiger partial charge in [0.05, 0.1) is 6.04 Å². The lowest BCUT2D eigenvalue weighted by Gasteiger charge is -2.32. The molecule has 0 spiro atoms. The Bertz CT molecular complexity index is 888. The standard InChI is InChI=1S/C28H36N4O/c1-29-27(20-23-10-4-3-5-11-23)28(33)32(2)26(16-6-12-24-14-8-18-30-21-24)17-7-13-25-15-9-19-31-22-25/h3-5,8-11,14-15,18-19,21-22,26-27,29H,6-7,12-13,16-17,20H2,1-2H3. The zero-order valence-electron chi connectivity index (χ0n) is 19.9. The summed E-state index contributed by atoms with van der Waals surface area (Å²) in [5, 5.41) is 3.24. The number of likely N-dealkylation sites (N-methyl/N-ethyl adjacent to an activating group) is 2. The summed E-state index contributed by atoms with van der Waals surface area (Å²) in [6.45, 7) is 0. The van der Waals surface area contributed by atoms with Crippen molar-refractivity contribution in [2.45, 2.75) is 57.0 Å². The summed E-state index contributed by atoms with van der Waals surface area (Å²) in [6, 6.07) is 18.4. The number of amides is 1. The predicted molar refractivity (Wildman–Crippen MR) is 134 cm³/mol. The lowest BCUT2D eigenvalue weighted by Crippen LogP contribution is -2.48. The molecule has 1 N–H and O–H groups in total. The number of nitrogens with zero attached hydrogens (tertiary/aromatic N) is 3. The summed E-state index contributed by atoms with van der Waals surface area (Å²) in [7, 11) is 3.84. The average Bonchev–Trinajstić information content (AvgIpc) is 2.87. The molecule has 1 atom stereocenters. The van der Waals surface area contributed by atoms with E-state index in [4.69, 9.17) is 0 Å². The van der Waals surface area contributed by atoms with Gasteiger partial charge in [-0.2, -0.15) is 0 Å². The molecule has 0 aliphatic carbocycles. The van der Waals surface area contributed by atoms with E-state index in [0.717, 1.165) is 38.5 Å². The first-order chi connectivity index (χ1) is 16.2. The summed E-state index contributed by atoms with van der Waals surface area (Å²) >= 11 is 0. The van der Waals surface area contributed by atoms with Crippen LogP contribution in [-0.4, -0.2) is 47.0 Å². The average molecular weight is 445 g/mol. The molecule has 2 heterocycles. The van der Waals surface area contributed by atoms with Gasteiger partial charge >= 0.3 is 0 Å². The zero-order chi connectivity index (χ0) is 23.3. The van der Waals surface area contributed by atoms with Crippen molar-refractivity contribution in [3.63, 3.8) is 0 Å². The topological polar surface area (TPSA) is 58.1 Å². The van der Waals surface area contributed by atoms with E-state index in [1.54, 1.807) is 0 Å². The Balaban J connectivity index is 1.62. The Hall–Kier alpha value is -3.05. The van der Waals surface area contributed by atoms with Crippen LogP contribution in [0.3, 0.4) is 0 Å². The van der Waals surface area contributed by atoms with E-state index in [2.05, 4.69) is 39.6 Å². The third-order valence-corrected chi connectivity index (χ3v) is 6.28. The number of carbonyl (C=O) groups is 1. The Morgan fingerprint density at radius 1 is 0.848 bits per heavy atom. The second kappa shape index (κ2) is 13.5. The first kappa shape index (κ1) is 24.6. The van der Waals surface area contributed by atoms with Gasteiger partial charge in [0.15, 0.2) is 0 Å². The van der Waals surface area contributed by atoms with Crippen molar-refractivity contribution in [2.24, 2.45) is 0 Å². The zero-order valence-corrected chi connectivity index (χ0v) is 19.9. The largest absolute Gasteiger partial charge is 0.341 e. The van der Waals surface area contributed by atoms with E-state index in [-0.39, 0.29) is 18.0 Å². The van der Waals surface area contributed by atoms with Crippen LogP contribution in [0.5, 0.6) is 0 Å². The molecule has 3 aromatic rings. The summed E-state index contributed by atoms with van der Waals surface area (Å²) in [5.41, 5.74) is 3.67. The van der Waals surface area contributed by atoms with Crippen LogP contribution in [0.4, 0.5) is 0 Å². The highest BCUT2D eigenvalue weighted by Crippen LogP contribution is 2.18. The molecule has 0 fully saturated rings. The number of rotatable bonds is 13. The quantitative estimate of drug-likeness (QED) is 0.422. The summed E-state index contributed by atoms with van der Waals surface area (Å²) in [6.07, 6.45) is 14.2. The van der Waals surface area contributed by atoms with E-state index >= 15 is 0 Å². The Morgan fingerprint density at radius 3 is 1.88 bits per heavy atom. The molecule has 0 saturated carbocycles. The van der Waals surface area contributed by atoms with Gasteiger partial charge in [0.1, 0.15) is 0 Å². The molecule has 33 heavy (non-hydrogen) atoms. The fraction of sp³-hybridized carbons (Fsp3) is 0.393. The van der Waals surface area contributed by atoms with Crippen molar-refractivity contribution >= 4 is 5.91 Å². The van der Waals surface area contributed by atoms with Crippen molar-refractivity contribution < 1.29 is 4.79 Å². The molecule has 174 valence electrons. The van der Waals surface area contributed by atoms with Crippen LogP contribution >= 0.6 is 0 Å². The highest BCUT2D eigenvalue weighted by atomic mass is 16.2. The lowest BCUT2D eigenvalue weighted by atomic mass is 9.97. The highest BCUT2D eigenvalue weighted by Gasteiger charge is 2.26. The van der Waals surface area contributed by atoms with Gasteiger partial charge in [0, 0.05) is 37.9 Å². The van der Waals surface area contributed by atoms with Crippen molar-refractivity contribution in [3.05, 3.63) is 96.1 Å². The van der Waals surface area contributed by atoms with Crippen LogP contribution in [0, 0.1) is 0 Å². The van der Waals surface area contributed by atoms with Crippen molar-refractivity contribution in [1.82, 2.24) is 20.2 Å². The van der Waals surface area contributed by atoms with Gasteiger partial charge < -0.3 is 10.2 Å². The van der Waals surface area contributed by atoms with Crippen LogP contribution in [0.1, 0.15) is 42.4 Å². The van der Waals surface area contributed by atoms with Crippen LogP contribution in [0.25, 0.3) is 0 Å². The molecule has 0 bridgehead atoms. The highest BCUT2D eigenvalue weighted by molar-refractivity contribution is 5.82. The maximum absolute atomic E-state index is 13.4. The lowest BCUT2D eigenvalue weighted by molar-refractivity contribution is -0.134. The number of hydrogen-bond donors (Lipinski definition) is 1. The molecular formula is C28H36N4O. The smallest absolute Gasteiger partial charge is 0.240 e. The van der Waals surface area contributed by atoms with E-state index in [9.17, 15) is 4.79 Å². The molecule has 5 nitrogen and oxygen atoms in total. The van der Waals surface area contributed by atoms with Gasteiger partial charge in [-0.1, -0.05) is 42.5 Å². The third-order valence-electron chi connectivity index (χ3n) is 6.28. The molecule has 0 aliphatic rings. The summed E-state index contributed by atoms with van der Waals surface area (Å²) < 4.78 is 0. The van der Waals surface area contributed by atoms with Crippen LogP contribution in [0.2, 0.25) is 0 Å². The van der Waals surface area contributed by atoms with Crippen molar-refractivity contribution in [2.75, 3.05) is 14.1 Å². The summed E-state index contributed by atoms with van der Waals surface area (Å²) in [5.74, 6) is 0.161. The van der Waals surface area contributed by atoms with E-state index in [1.807, 2.05) is 74.1 Å². The van der Waals surface area contributed by atoms with Gasteiger partial charge in [0.2, 0.25) is 5.91 Å². The second-order valence-electron chi connectivity index (χ2n) is 8.64. The molecule has 1 aromatic carbocycles. The number of pyridine rings is 2.